The smallest absolute Gasteiger partial charge is 0.477 e. The highest BCUT2D eigenvalue weighted by Gasteiger charge is 2.69. The third-order valence-corrected chi connectivity index (χ3v) is 7.19. The molecule has 3 aromatic rings. The van der Waals surface area contributed by atoms with Crippen molar-refractivity contribution in [3.05, 3.63) is 78.1 Å². The van der Waals surface area contributed by atoms with E-state index >= 15 is 0 Å². The number of aliphatic carboxylic acids is 1. The molecule has 0 spiro atoms. The highest BCUT2D eigenvalue weighted by atomic mass is 31.1. The van der Waals surface area contributed by atoms with Crippen LogP contribution >= 0.6 is 8.03 Å². The zero-order valence-electron chi connectivity index (χ0n) is 17.9. The number of rotatable bonds is 7. The number of nitrogens with zero attached hydrogens (tertiary/aromatic N) is 1. The summed E-state index contributed by atoms with van der Waals surface area (Å²) >= 11 is 0. The van der Waals surface area contributed by atoms with E-state index in [1.54, 1.807) is 24.3 Å². The molecule has 0 saturated carbocycles. The van der Waals surface area contributed by atoms with Gasteiger partial charge in [0.05, 0.1) is 11.2 Å². The highest BCUT2D eigenvalue weighted by Crippen LogP contribution is 2.54. The van der Waals surface area contributed by atoms with Crippen LogP contribution < -0.4 is 0 Å². The molecule has 32 heavy (non-hydrogen) atoms. The number of carboxylic acids is 1. The molecule has 0 fully saturated rings. The van der Waals surface area contributed by atoms with Crippen molar-refractivity contribution in [2.24, 2.45) is 0 Å². The molecule has 0 amide bonds. The van der Waals surface area contributed by atoms with Gasteiger partial charge in [-0.15, -0.1) is 0 Å². The van der Waals surface area contributed by atoms with Crippen LogP contribution in [0.15, 0.2) is 61.2 Å². The van der Waals surface area contributed by atoms with Crippen LogP contribution in [0.2, 0.25) is 0 Å². The van der Waals surface area contributed by atoms with Crippen molar-refractivity contribution in [3.8, 4) is 11.3 Å². The van der Waals surface area contributed by atoms with Gasteiger partial charge in [-0.1, -0.05) is 38.6 Å². The van der Waals surface area contributed by atoms with Crippen LogP contribution in [0.1, 0.15) is 37.8 Å². The number of aromatic nitrogens is 1. The van der Waals surface area contributed by atoms with Crippen LogP contribution in [0, 0.1) is 5.82 Å². The van der Waals surface area contributed by atoms with E-state index in [9.17, 15) is 28.9 Å². The molecule has 0 aliphatic carbocycles. The third kappa shape index (κ3) is 3.52. The number of fused-ring (bicyclic) bond motifs is 1. The van der Waals surface area contributed by atoms with Gasteiger partial charge < -0.3 is 10.2 Å². The van der Waals surface area contributed by atoms with Gasteiger partial charge >= 0.3 is 19.2 Å². The number of hydrogen-bond donors (Lipinski definition) is 3. The maximum atomic E-state index is 13.6. The Hall–Kier alpha value is -2.99. The summed E-state index contributed by atoms with van der Waals surface area (Å²) in [6, 6.07) is 12.5. The van der Waals surface area contributed by atoms with Crippen molar-refractivity contribution in [3.63, 3.8) is 0 Å². The second kappa shape index (κ2) is 8.51. The Morgan fingerprint density at radius 2 is 1.78 bits per heavy atom. The molecule has 0 aliphatic heterocycles. The zero-order valence-corrected chi connectivity index (χ0v) is 18.8. The molecule has 1 heterocycles. The molecule has 1 aromatic heterocycles. The van der Waals surface area contributed by atoms with E-state index in [2.05, 4.69) is 11.6 Å². The Bertz CT molecular complexity index is 1210. The van der Waals surface area contributed by atoms with Crippen LogP contribution in [0.25, 0.3) is 22.2 Å². The van der Waals surface area contributed by atoms with E-state index < -0.39 is 30.6 Å². The van der Waals surface area contributed by atoms with Crippen LogP contribution in [0.5, 0.6) is 0 Å². The lowest BCUT2D eigenvalue weighted by atomic mass is 9.75. The van der Waals surface area contributed by atoms with Crippen LogP contribution in [0.4, 0.5) is 4.39 Å². The van der Waals surface area contributed by atoms with Gasteiger partial charge in [0.25, 0.3) is 0 Å². The van der Waals surface area contributed by atoms with Gasteiger partial charge in [0.1, 0.15) is 5.82 Å². The summed E-state index contributed by atoms with van der Waals surface area (Å²) in [5.41, 5.74) is -0.541. The van der Waals surface area contributed by atoms with E-state index in [0.717, 1.165) is 6.08 Å². The molecular weight excluding hydrogens is 432 g/mol. The van der Waals surface area contributed by atoms with Gasteiger partial charge in [-0.25, -0.2) is 14.2 Å². The number of para-hydroxylation sites is 1. The minimum Gasteiger partial charge on any atom is -0.477 e. The predicted octanol–water partition coefficient (Wildman–Crippen LogP) is 5.12. The Morgan fingerprint density at radius 1 is 1.19 bits per heavy atom. The summed E-state index contributed by atoms with van der Waals surface area (Å²) in [5.74, 6) is -2.40. The number of pyridine rings is 1. The molecule has 3 atom stereocenters. The summed E-state index contributed by atoms with van der Waals surface area (Å²) in [4.78, 5) is 27.1. The topological polar surface area (TPSA) is 108 Å². The first-order chi connectivity index (χ1) is 15.0. The lowest BCUT2D eigenvalue weighted by Crippen LogP contribution is -2.52. The first-order valence-corrected chi connectivity index (χ1v) is 11.1. The summed E-state index contributed by atoms with van der Waals surface area (Å²) in [6.45, 7) is 8.37. The van der Waals surface area contributed by atoms with Crippen LogP contribution in [-0.4, -0.2) is 31.2 Å². The lowest BCUT2D eigenvalue weighted by Gasteiger charge is -2.35. The van der Waals surface area contributed by atoms with E-state index in [4.69, 9.17) is 0 Å². The highest BCUT2D eigenvalue weighted by molar-refractivity contribution is 7.42. The quantitative estimate of drug-likeness (QED) is 0.337. The van der Waals surface area contributed by atoms with Crippen molar-refractivity contribution in [2.75, 3.05) is 0 Å². The summed E-state index contributed by atoms with van der Waals surface area (Å²) in [7, 11) is -3.47. The van der Waals surface area contributed by atoms with Crippen molar-refractivity contribution >= 4 is 24.9 Å². The predicted molar refractivity (Wildman–Crippen MR) is 121 cm³/mol. The third-order valence-electron chi connectivity index (χ3n) is 5.78. The molecular formula is C24H24FNO5P+. The number of carbonyl (C=O) groups is 1. The minimum atomic E-state index is -3.47. The molecule has 3 unspecified atom stereocenters. The van der Waals surface area contributed by atoms with Crippen LogP contribution in [-0.2, 0) is 15.0 Å². The summed E-state index contributed by atoms with van der Waals surface area (Å²) < 4.78 is 26.0. The standard InChI is InChI=1S/C24H23FNO5P/c1-5-24(22(27)28,32(30)31)23(4,29)20-19(14(2)3)17-8-6-7-9-18(17)26-21(20)15-10-12-16(25)13-11-15/h5-14,29H,1H2,2-4H3,(H-,27,28,30,31)/p+1. The second-order valence-corrected chi connectivity index (χ2v) is 9.30. The normalized spacial score (nSPS) is 15.8. The molecule has 6 nitrogen and oxygen atoms in total. The zero-order chi connectivity index (χ0) is 23.8. The van der Waals surface area contributed by atoms with Gasteiger partial charge in [0.2, 0.25) is 0 Å². The largest absolute Gasteiger partial charge is 0.531 e. The second-order valence-electron chi connectivity index (χ2n) is 8.05. The van der Waals surface area contributed by atoms with Crippen molar-refractivity contribution in [1.29, 1.82) is 0 Å². The average molecular weight is 456 g/mol. The fourth-order valence-corrected chi connectivity index (χ4v) is 4.98. The molecule has 3 N–H and O–H groups in total. The summed E-state index contributed by atoms with van der Waals surface area (Å²) in [6.07, 6.45) is 0.793. The van der Waals surface area contributed by atoms with Crippen molar-refractivity contribution in [2.45, 2.75) is 37.4 Å². The lowest BCUT2D eigenvalue weighted by molar-refractivity contribution is -0.145. The molecule has 8 heteroatoms. The van der Waals surface area contributed by atoms with Gasteiger partial charge in [0, 0.05) is 16.5 Å². The van der Waals surface area contributed by atoms with Gasteiger partial charge in [-0.2, -0.15) is 4.89 Å². The molecule has 2 aromatic carbocycles. The number of carboxylic acid groups (broad SMARTS) is 1. The van der Waals surface area contributed by atoms with Crippen LogP contribution in [0.3, 0.4) is 0 Å². The maximum Gasteiger partial charge on any atom is 0.531 e. The Labute approximate surface area is 185 Å². The maximum absolute atomic E-state index is 13.6. The van der Waals surface area contributed by atoms with E-state index in [1.807, 2.05) is 13.8 Å². The van der Waals surface area contributed by atoms with Crippen molar-refractivity contribution in [1.82, 2.24) is 4.98 Å². The molecule has 3 rings (SSSR count). The number of aliphatic hydroxyl groups is 1. The minimum absolute atomic E-state index is 0.0810. The molecule has 0 saturated heterocycles. The Balaban J connectivity index is 2.58. The number of benzene rings is 2. The monoisotopic (exact) mass is 456 g/mol. The fraction of sp³-hybridized carbons (Fsp3) is 0.250. The fourth-order valence-electron chi connectivity index (χ4n) is 4.18. The van der Waals surface area contributed by atoms with Gasteiger partial charge in [-0.05, 0) is 59.4 Å². The molecule has 0 radical (unpaired) electrons. The first kappa shape index (κ1) is 23.7. The number of halogens is 1. The van der Waals surface area contributed by atoms with E-state index in [-0.39, 0.29) is 17.2 Å². The number of hydrogen-bond acceptors (Lipinski definition) is 4. The molecule has 0 aliphatic rings. The Kier molecular flexibility index (Phi) is 6.29. The SMILES string of the molecule is C=CC(C(=O)O)([P+](=O)O)C(C)(O)c1c(-c2ccc(F)cc2)nc2ccccc2c1C(C)C. The molecule has 166 valence electrons. The van der Waals surface area contributed by atoms with E-state index in [0.29, 0.717) is 22.0 Å². The van der Waals surface area contributed by atoms with Gasteiger partial charge in [0.15, 0.2) is 5.60 Å². The van der Waals surface area contributed by atoms with Gasteiger partial charge in [-0.3, -0.25) is 0 Å². The van der Waals surface area contributed by atoms with Crippen molar-refractivity contribution < 1.29 is 28.9 Å². The summed E-state index contributed by atoms with van der Waals surface area (Å²) in [5, 5.41) is 19.8. The Morgan fingerprint density at radius 3 is 2.28 bits per heavy atom. The molecule has 0 bridgehead atoms. The van der Waals surface area contributed by atoms with E-state index in [1.165, 1.54) is 31.2 Å². The first-order valence-electron chi connectivity index (χ1n) is 9.93. The average Bonchev–Trinajstić information content (AvgIpc) is 2.72.